The van der Waals surface area contributed by atoms with Crippen LogP contribution in [0.4, 0.5) is 0 Å². The van der Waals surface area contributed by atoms with Gasteiger partial charge in [0.15, 0.2) is 11.2 Å². The van der Waals surface area contributed by atoms with Crippen LogP contribution in [0.2, 0.25) is 0 Å². The van der Waals surface area contributed by atoms with E-state index < -0.39 is 11.2 Å². The smallest absolute Gasteiger partial charge is 0.340 e. The predicted octanol–water partition coefficient (Wildman–Crippen LogP) is 1.28. The lowest BCUT2D eigenvalue weighted by atomic mass is 9.95. The first-order valence-corrected chi connectivity index (χ1v) is 10.1. The summed E-state index contributed by atoms with van der Waals surface area (Å²) >= 11 is 0. The Hall–Kier alpha value is -1.22. The minimum absolute atomic E-state index is 0.132. The van der Waals surface area contributed by atoms with E-state index in [1.54, 1.807) is 13.8 Å². The fourth-order valence-electron chi connectivity index (χ4n) is 4.42. The predicted molar refractivity (Wildman–Crippen MR) is 93.5 cm³/mol. The number of fused-ring (bicyclic) bond motifs is 4. The molecular weight excluding hydrogens is 368 g/mol. The second-order valence-corrected chi connectivity index (χ2v) is 9.54. The first-order chi connectivity index (χ1) is 13.1. The van der Waals surface area contributed by atoms with Gasteiger partial charge in [-0.15, -0.1) is 0 Å². The topological polar surface area (TPSA) is 103 Å². The van der Waals surface area contributed by atoms with E-state index in [9.17, 15) is 9.59 Å². The van der Waals surface area contributed by atoms with Gasteiger partial charge in [0.25, 0.3) is 0 Å². The van der Waals surface area contributed by atoms with Gasteiger partial charge in [0.2, 0.25) is 0 Å². The molecule has 5 aliphatic heterocycles. The summed E-state index contributed by atoms with van der Waals surface area (Å²) in [5.41, 5.74) is -2.46. The molecule has 8 heteroatoms. The van der Waals surface area contributed by atoms with Crippen LogP contribution in [0.15, 0.2) is 0 Å². The average Bonchev–Trinajstić information content (AvgIpc) is 3.55. The van der Waals surface area contributed by atoms with Gasteiger partial charge in [0.1, 0.15) is 25.4 Å². The van der Waals surface area contributed by atoms with Crippen LogP contribution in [0.5, 0.6) is 0 Å². The fraction of sp³-hybridized carbons (Fsp3) is 0.900. The van der Waals surface area contributed by atoms with E-state index in [4.69, 9.17) is 28.4 Å². The molecule has 0 radical (unpaired) electrons. The molecule has 0 aromatic heterocycles. The van der Waals surface area contributed by atoms with Crippen LogP contribution in [0.25, 0.3) is 0 Å². The van der Waals surface area contributed by atoms with Gasteiger partial charge in [0.05, 0.1) is 23.4 Å². The van der Waals surface area contributed by atoms with Crippen molar-refractivity contribution in [2.24, 2.45) is 0 Å². The SMILES string of the molecule is C[C@@]12O[C@H]1CC[C@]1(C)O[C@@H]1COC(=O)[C@@]1(C)O[C@@H]1CC[C@]1(C)O[C@@H]1COC2=O. The largest absolute Gasteiger partial charge is 0.461 e. The number of ether oxygens (including phenoxy) is 6. The van der Waals surface area contributed by atoms with Crippen molar-refractivity contribution in [2.75, 3.05) is 13.2 Å². The summed E-state index contributed by atoms with van der Waals surface area (Å²) in [6, 6.07) is 0. The van der Waals surface area contributed by atoms with Crippen molar-refractivity contribution in [3.63, 3.8) is 0 Å². The summed E-state index contributed by atoms with van der Waals surface area (Å²) in [7, 11) is 0. The summed E-state index contributed by atoms with van der Waals surface area (Å²) in [6.07, 6.45) is 2.22. The van der Waals surface area contributed by atoms with Crippen molar-refractivity contribution in [1.82, 2.24) is 0 Å². The third kappa shape index (κ3) is 2.96. The van der Waals surface area contributed by atoms with Gasteiger partial charge in [-0.05, 0) is 53.4 Å². The Morgan fingerprint density at radius 1 is 0.643 bits per heavy atom. The van der Waals surface area contributed by atoms with Crippen LogP contribution in [0.1, 0.15) is 53.4 Å². The zero-order valence-corrected chi connectivity index (χ0v) is 16.8. The summed E-state index contributed by atoms with van der Waals surface area (Å²) in [4.78, 5) is 24.9. The van der Waals surface area contributed by atoms with E-state index in [1.807, 2.05) is 13.8 Å². The molecule has 8 nitrogen and oxygen atoms in total. The number of carbonyl (C=O) groups excluding carboxylic acids is 2. The van der Waals surface area contributed by atoms with E-state index in [2.05, 4.69) is 0 Å². The van der Waals surface area contributed by atoms with Gasteiger partial charge in [-0.1, -0.05) is 0 Å². The molecule has 0 amide bonds. The fourth-order valence-corrected chi connectivity index (χ4v) is 4.42. The maximum Gasteiger partial charge on any atom is 0.340 e. The zero-order valence-electron chi connectivity index (χ0n) is 16.8. The summed E-state index contributed by atoms with van der Waals surface area (Å²) in [5, 5.41) is 0. The highest BCUT2D eigenvalue weighted by molar-refractivity contribution is 5.83. The first kappa shape index (κ1) is 18.8. The number of cyclic esters (lactones) is 2. The van der Waals surface area contributed by atoms with Gasteiger partial charge >= 0.3 is 11.9 Å². The van der Waals surface area contributed by atoms with Crippen molar-refractivity contribution in [1.29, 1.82) is 0 Å². The van der Waals surface area contributed by atoms with Crippen LogP contribution in [-0.4, -0.2) is 72.0 Å². The normalized spacial score (nSPS) is 55.7. The molecule has 0 aromatic carbocycles. The maximum absolute atomic E-state index is 12.4. The number of hydrogen-bond donors (Lipinski definition) is 0. The second kappa shape index (κ2) is 5.68. The number of carbonyl (C=O) groups is 2. The molecule has 5 rings (SSSR count). The molecule has 0 unspecified atom stereocenters. The molecule has 0 aliphatic carbocycles. The van der Waals surface area contributed by atoms with Crippen LogP contribution in [0, 0.1) is 0 Å². The molecule has 0 N–H and O–H groups in total. The summed E-state index contributed by atoms with van der Waals surface area (Å²) < 4.78 is 33.7. The van der Waals surface area contributed by atoms with Gasteiger partial charge in [-0.25, -0.2) is 9.59 Å². The molecule has 5 fully saturated rings. The van der Waals surface area contributed by atoms with Crippen molar-refractivity contribution in [3.05, 3.63) is 0 Å². The van der Waals surface area contributed by atoms with Gasteiger partial charge in [-0.2, -0.15) is 0 Å². The first-order valence-electron chi connectivity index (χ1n) is 10.1. The lowest BCUT2D eigenvalue weighted by Gasteiger charge is -2.11. The van der Waals surface area contributed by atoms with Crippen LogP contribution >= 0.6 is 0 Å². The molecule has 0 bridgehead atoms. The summed E-state index contributed by atoms with van der Waals surface area (Å²) in [6.45, 7) is 7.96. The number of hydrogen-bond acceptors (Lipinski definition) is 8. The van der Waals surface area contributed by atoms with E-state index in [1.165, 1.54) is 0 Å². The van der Waals surface area contributed by atoms with Crippen LogP contribution in [0.3, 0.4) is 0 Å². The highest BCUT2D eigenvalue weighted by atomic mass is 16.7. The average molecular weight is 396 g/mol. The molecule has 28 heavy (non-hydrogen) atoms. The van der Waals surface area contributed by atoms with E-state index in [0.717, 1.165) is 12.8 Å². The Bertz CT molecular complexity index is 665. The van der Waals surface area contributed by atoms with E-state index in [0.29, 0.717) is 12.8 Å². The van der Waals surface area contributed by atoms with Crippen molar-refractivity contribution in [3.8, 4) is 0 Å². The standard InChI is InChI=1S/C20H28O8/c1-17-7-5-11-19(3,27-11)16(22)24-10-14-18(2,26-14)8-6-12-20(4,28-12)15(21)23-9-13(17)25-17/h11-14H,5-10H2,1-4H3/t11-,12+,13-,14-,17+,18+,19+,20-/m1/s1. The molecule has 0 saturated carbocycles. The Morgan fingerprint density at radius 3 is 1.43 bits per heavy atom. The van der Waals surface area contributed by atoms with Gasteiger partial charge < -0.3 is 28.4 Å². The van der Waals surface area contributed by atoms with Crippen molar-refractivity contribution in [2.45, 2.75) is 100 Å². The Kier molecular flexibility index (Phi) is 3.81. The van der Waals surface area contributed by atoms with Gasteiger partial charge in [-0.3, -0.25) is 0 Å². The van der Waals surface area contributed by atoms with Crippen molar-refractivity contribution >= 4 is 11.9 Å². The lowest BCUT2D eigenvalue weighted by Crippen LogP contribution is -2.30. The van der Waals surface area contributed by atoms with Crippen molar-refractivity contribution < 1.29 is 38.0 Å². The highest BCUT2D eigenvalue weighted by Gasteiger charge is 2.64. The molecule has 8 atom stereocenters. The molecule has 5 aliphatic rings. The second-order valence-electron chi connectivity index (χ2n) is 9.54. The Labute approximate surface area is 164 Å². The number of epoxide rings is 4. The maximum atomic E-state index is 12.4. The number of rotatable bonds is 0. The van der Waals surface area contributed by atoms with Crippen LogP contribution < -0.4 is 0 Å². The third-order valence-corrected chi connectivity index (χ3v) is 7.31. The minimum Gasteiger partial charge on any atom is -0.461 e. The van der Waals surface area contributed by atoms with E-state index >= 15 is 0 Å². The molecule has 5 saturated heterocycles. The Morgan fingerprint density at radius 2 is 1.04 bits per heavy atom. The zero-order chi connectivity index (χ0) is 19.9. The Balaban J connectivity index is 1.25. The highest BCUT2D eigenvalue weighted by Crippen LogP contribution is 2.49. The third-order valence-electron chi connectivity index (χ3n) is 7.31. The molecule has 5 heterocycles. The van der Waals surface area contributed by atoms with E-state index in [-0.39, 0.29) is 60.8 Å². The minimum atomic E-state index is -0.881. The molecular formula is C20H28O8. The monoisotopic (exact) mass is 396 g/mol. The van der Waals surface area contributed by atoms with Crippen LogP contribution in [-0.2, 0) is 38.0 Å². The quantitative estimate of drug-likeness (QED) is 0.446. The van der Waals surface area contributed by atoms with Gasteiger partial charge in [0, 0.05) is 0 Å². The molecule has 0 spiro atoms. The number of esters is 2. The molecule has 0 aromatic rings. The summed E-state index contributed by atoms with van der Waals surface area (Å²) in [5.74, 6) is -0.663. The lowest BCUT2D eigenvalue weighted by molar-refractivity contribution is -0.150. The molecule has 156 valence electrons.